The molecule has 0 atom stereocenters. The molecule has 0 radical (unpaired) electrons. The Labute approximate surface area is 136 Å². The standard InChI is InChI=1S/C18H23N3O2/c1-12-9-13(2)14-11-16(20-15(14)10-12)18(23)19-6-4-8-21-7-3-5-17(21)22/h9-11,20H,3-8H2,1-2H3,(H,19,23). The van der Waals surface area contributed by atoms with Crippen LogP contribution in [0.5, 0.6) is 0 Å². The summed E-state index contributed by atoms with van der Waals surface area (Å²) in [4.78, 5) is 28.8. The first kappa shape index (κ1) is 15.6. The van der Waals surface area contributed by atoms with Gasteiger partial charge in [0.25, 0.3) is 5.91 Å². The van der Waals surface area contributed by atoms with Crippen molar-refractivity contribution in [2.45, 2.75) is 33.1 Å². The number of nitrogens with zero attached hydrogens (tertiary/aromatic N) is 1. The number of fused-ring (bicyclic) bond motifs is 1. The predicted molar refractivity (Wildman–Crippen MR) is 90.5 cm³/mol. The van der Waals surface area contributed by atoms with Crippen LogP contribution in [0.25, 0.3) is 10.9 Å². The molecular formula is C18H23N3O2. The normalized spacial score (nSPS) is 14.7. The largest absolute Gasteiger partial charge is 0.351 e. The van der Waals surface area contributed by atoms with E-state index in [1.165, 1.54) is 11.1 Å². The zero-order valence-electron chi connectivity index (χ0n) is 13.7. The van der Waals surface area contributed by atoms with Gasteiger partial charge in [-0.15, -0.1) is 0 Å². The van der Waals surface area contributed by atoms with Crippen LogP contribution in [0.2, 0.25) is 0 Å². The van der Waals surface area contributed by atoms with Gasteiger partial charge in [-0.1, -0.05) is 6.07 Å². The minimum Gasteiger partial charge on any atom is -0.351 e. The summed E-state index contributed by atoms with van der Waals surface area (Å²) >= 11 is 0. The van der Waals surface area contributed by atoms with Gasteiger partial charge in [0.15, 0.2) is 0 Å². The Hall–Kier alpha value is -2.30. The Balaban J connectivity index is 1.56. The second-order valence-corrected chi connectivity index (χ2v) is 6.32. The minimum atomic E-state index is -0.0917. The number of amides is 2. The third-order valence-corrected chi connectivity index (χ3v) is 4.40. The maximum atomic E-state index is 12.2. The number of hydrogen-bond acceptors (Lipinski definition) is 2. The molecule has 1 fully saturated rings. The molecule has 0 bridgehead atoms. The number of carbonyl (C=O) groups is 2. The molecule has 0 aliphatic carbocycles. The summed E-state index contributed by atoms with van der Waals surface area (Å²) in [5.41, 5.74) is 3.93. The van der Waals surface area contributed by atoms with E-state index < -0.39 is 0 Å². The van der Waals surface area contributed by atoms with E-state index in [1.54, 1.807) is 0 Å². The summed E-state index contributed by atoms with van der Waals surface area (Å²) < 4.78 is 0. The topological polar surface area (TPSA) is 65.2 Å². The number of hydrogen-bond donors (Lipinski definition) is 2. The lowest BCUT2D eigenvalue weighted by Crippen LogP contribution is -2.30. The number of aromatic nitrogens is 1. The van der Waals surface area contributed by atoms with Crippen LogP contribution < -0.4 is 5.32 Å². The number of rotatable bonds is 5. The van der Waals surface area contributed by atoms with E-state index in [4.69, 9.17) is 0 Å². The number of aromatic amines is 1. The highest BCUT2D eigenvalue weighted by atomic mass is 16.2. The molecule has 1 aromatic heterocycles. The van der Waals surface area contributed by atoms with Gasteiger partial charge < -0.3 is 15.2 Å². The van der Waals surface area contributed by atoms with E-state index in [0.717, 1.165) is 36.8 Å². The summed E-state index contributed by atoms with van der Waals surface area (Å²) in [6, 6.07) is 6.08. The summed E-state index contributed by atoms with van der Waals surface area (Å²) in [5, 5.41) is 4.01. The molecule has 0 unspecified atom stereocenters. The molecule has 1 aromatic carbocycles. The third-order valence-electron chi connectivity index (χ3n) is 4.40. The van der Waals surface area contributed by atoms with E-state index in [1.807, 2.05) is 17.9 Å². The van der Waals surface area contributed by atoms with Crippen molar-refractivity contribution in [1.29, 1.82) is 0 Å². The quantitative estimate of drug-likeness (QED) is 0.833. The predicted octanol–water partition coefficient (Wildman–Crippen LogP) is 2.53. The molecule has 5 nitrogen and oxygen atoms in total. The van der Waals surface area contributed by atoms with E-state index in [2.05, 4.69) is 29.4 Å². The van der Waals surface area contributed by atoms with E-state index in [9.17, 15) is 9.59 Å². The van der Waals surface area contributed by atoms with E-state index >= 15 is 0 Å². The molecule has 2 N–H and O–H groups in total. The van der Waals surface area contributed by atoms with Crippen molar-refractivity contribution in [1.82, 2.24) is 15.2 Å². The van der Waals surface area contributed by atoms with Crippen LogP contribution in [-0.4, -0.2) is 41.3 Å². The molecule has 1 aliphatic rings. The van der Waals surface area contributed by atoms with Gasteiger partial charge in [-0.2, -0.15) is 0 Å². The lowest BCUT2D eigenvalue weighted by Gasteiger charge is -2.15. The van der Waals surface area contributed by atoms with Crippen LogP contribution in [0, 0.1) is 13.8 Å². The Morgan fingerprint density at radius 3 is 2.87 bits per heavy atom. The first-order valence-electron chi connectivity index (χ1n) is 8.20. The van der Waals surface area contributed by atoms with Crippen molar-refractivity contribution < 1.29 is 9.59 Å². The van der Waals surface area contributed by atoms with Gasteiger partial charge in [-0.25, -0.2) is 0 Å². The summed E-state index contributed by atoms with van der Waals surface area (Å²) in [5.74, 6) is 0.142. The van der Waals surface area contributed by atoms with Gasteiger partial charge in [-0.3, -0.25) is 9.59 Å². The molecule has 1 aliphatic heterocycles. The first-order valence-corrected chi connectivity index (χ1v) is 8.20. The number of carbonyl (C=O) groups excluding carboxylic acids is 2. The summed E-state index contributed by atoms with van der Waals surface area (Å²) in [7, 11) is 0. The number of H-pyrrole nitrogens is 1. The van der Waals surface area contributed by atoms with E-state index in [0.29, 0.717) is 18.7 Å². The minimum absolute atomic E-state index is 0.0917. The fourth-order valence-electron chi connectivity index (χ4n) is 3.23. The van der Waals surface area contributed by atoms with Crippen LogP contribution in [0.15, 0.2) is 18.2 Å². The fourth-order valence-corrected chi connectivity index (χ4v) is 3.23. The molecule has 0 saturated carbocycles. The fraction of sp³-hybridized carbons (Fsp3) is 0.444. The maximum Gasteiger partial charge on any atom is 0.267 e. The van der Waals surface area contributed by atoms with Crippen LogP contribution >= 0.6 is 0 Å². The summed E-state index contributed by atoms with van der Waals surface area (Å²) in [6.45, 7) is 6.26. The Morgan fingerprint density at radius 2 is 2.13 bits per heavy atom. The van der Waals surface area contributed by atoms with Gasteiger partial charge in [0.05, 0.1) is 0 Å². The molecule has 0 spiro atoms. The van der Waals surface area contributed by atoms with Gasteiger partial charge in [0.1, 0.15) is 5.69 Å². The summed E-state index contributed by atoms with van der Waals surface area (Å²) in [6.07, 6.45) is 2.41. The number of likely N-dealkylation sites (tertiary alicyclic amines) is 1. The second-order valence-electron chi connectivity index (χ2n) is 6.32. The second kappa shape index (κ2) is 6.44. The number of nitrogens with one attached hydrogen (secondary N) is 2. The lowest BCUT2D eigenvalue weighted by atomic mass is 10.1. The number of benzene rings is 1. The van der Waals surface area contributed by atoms with Crippen molar-refractivity contribution in [3.05, 3.63) is 35.0 Å². The van der Waals surface area contributed by atoms with Crippen LogP contribution in [0.3, 0.4) is 0 Å². The molecule has 3 rings (SSSR count). The SMILES string of the molecule is Cc1cc(C)c2cc(C(=O)NCCCN3CCCC3=O)[nH]c2c1. The van der Waals surface area contributed by atoms with Crippen molar-refractivity contribution in [2.75, 3.05) is 19.6 Å². The Morgan fingerprint density at radius 1 is 1.30 bits per heavy atom. The smallest absolute Gasteiger partial charge is 0.267 e. The molecule has 2 heterocycles. The zero-order chi connectivity index (χ0) is 16.4. The highest BCUT2D eigenvalue weighted by Crippen LogP contribution is 2.21. The molecule has 122 valence electrons. The highest BCUT2D eigenvalue weighted by Gasteiger charge is 2.19. The van der Waals surface area contributed by atoms with Crippen molar-refractivity contribution in [3.8, 4) is 0 Å². The monoisotopic (exact) mass is 313 g/mol. The number of aryl methyl sites for hydroxylation is 2. The maximum absolute atomic E-state index is 12.2. The average molecular weight is 313 g/mol. The zero-order valence-corrected chi connectivity index (χ0v) is 13.7. The van der Waals surface area contributed by atoms with Gasteiger partial charge >= 0.3 is 0 Å². The van der Waals surface area contributed by atoms with E-state index in [-0.39, 0.29) is 11.8 Å². The van der Waals surface area contributed by atoms with Gasteiger partial charge in [0.2, 0.25) is 5.91 Å². The lowest BCUT2D eigenvalue weighted by molar-refractivity contribution is -0.127. The third kappa shape index (κ3) is 3.38. The van der Waals surface area contributed by atoms with Gasteiger partial charge in [0, 0.05) is 37.0 Å². The molecule has 23 heavy (non-hydrogen) atoms. The van der Waals surface area contributed by atoms with Crippen molar-refractivity contribution in [3.63, 3.8) is 0 Å². The first-order chi connectivity index (χ1) is 11.0. The van der Waals surface area contributed by atoms with Crippen LogP contribution in [-0.2, 0) is 4.79 Å². The molecular weight excluding hydrogens is 290 g/mol. The average Bonchev–Trinajstić information content (AvgIpc) is 3.10. The van der Waals surface area contributed by atoms with Crippen LogP contribution in [0.4, 0.5) is 0 Å². The van der Waals surface area contributed by atoms with Crippen molar-refractivity contribution in [2.24, 2.45) is 0 Å². The van der Waals surface area contributed by atoms with Crippen molar-refractivity contribution >= 4 is 22.7 Å². The Bertz CT molecular complexity index is 748. The molecule has 5 heteroatoms. The molecule has 1 saturated heterocycles. The van der Waals surface area contributed by atoms with Gasteiger partial charge in [-0.05, 0) is 49.9 Å². The van der Waals surface area contributed by atoms with Crippen LogP contribution in [0.1, 0.15) is 40.9 Å². The molecule has 2 amide bonds. The highest BCUT2D eigenvalue weighted by molar-refractivity contribution is 5.98. The molecule has 2 aromatic rings. The Kier molecular flexibility index (Phi) is 4.37.